The number of benzene rings is 3. The van der Waals surface area contributed by atoms with E-state index in [1.165, 1.54) is 27.1 Å². The maximum absolute atomic E-state index is 5.00. The summed E-state index contributed by atoms with van der Waals surface area (Å²) in [4.78, 5) is 0. The second-order valence-corrected chi connectivity index (χ2v) is 4.31. The molecule has 0 atom stereocenters. The van der Waals surface area contributed by atoms with E-state index in [1.54, 1.807) is 13.4 Å². The maximum atomic E-state index is 5.00. The molecule has 0 N–H and O–H groups in total. The van der Waals surface area contributed by atoms with Crippen LogP contribution >= 0.6 is 0 Å². The second-order valence-electron chi connectivity index (χ2n) is 4.31. The minimum atomic E-state index is 1.18. The van der Waals surface area contributed by atoms with E-state index in [-0.39, 0.29) is 0 Å². The SMILES string of the molecule is CO/C=C\c1cccc2cc3ccccc3cc12. The van der Waals surface area contributed by atoms with E-state index in [9.17, 15) is 0 Å². The molecule has 1 heteroatoms. The van der Waals surface area contributed by atoms with Crippen molar-refractivity contribution in [2.75, 3.05) is 7.11 Å². The van der Waals surface area contributed by atoms with Gasteiger partial charge in [0.05, 0.1) is 13.4 Å². The molecule has 0 aliphatic heterocycles. The fraction of sp³-hybridized carbons (Fsp3) is 0.0588. The number of hydrogen-bond acceptors (Lipinski definition) is 1. The van der Waals surface area contributed by atoms with Crippen molar-refractivity contribution in [1.82, 2.24) is 0 Å². The molecular weight excluding hydrogens is 220 g/mol. The minimum absolute atomic E-state index is 1.18. The molecule has 0 radical (unpaired) electrons. The van der Waals surface area contributed by atoms with Gasteiger partial charge in [-0.25, -0.2) is 0 Å². The molecule has 0 bridgehead atoms. The summed E-state index contributed by atoms with van der Waals surface area (Å²) in [5.74, 6) is 0. The third-order valence-corrected chi connectivity index (χ3v) is 3.16. The fourth-order valence-electron chi connectivity index (χ4n) is 2.28. The molecule has 0 amide bonds. The van der Waals surface area contributed by atoms with Crippen molar-refractivity contribution in [1.29, 1.82) is 0 Å². The molecule has 0 aliphatic rings. The Balaban J connectivity index is 2.32. The Morgan fingerprint density at radius 1 is 0.833 bits per heavy atom. The summed E-state index contributed by atoms with van der Waals surface area (Å²) < 4.78 is 5.00. The molecular formula is C17H14O. The van der Waals surface area contributed by atoms with Crippen LogP contribution in [0.2, 0.25) is 0 Å². The Morgan fingerprint density at radius 3 is 2.33 bits per heavy atom. The zero-order valence-electron chi connectivity index (χ0n) is 10.3. The zero-order valence-corrected chi connectivity index (χ0v) is 10.3. The normalized spacial score (nSPS) is 11.4. The van der Waals surface area contributed by atoms with Gasteiger partial charge in [-0.2, -0.15) is 0 Å². The van der Waals surface area contributed by atoms with Crippen LogP contribution in [0, 0.1) is 0 Å². The second kappa shape index (κ2) is 4.53. The van der Waals surface area contributed by atoms with Gasteiger partial charge in [-0.3, -0.25) is 0 Å². The first kappa shape index (κ1) is 10.8. The molecule has 18 heavy (non-hydrogen) atoms. The van der Waals surface area contributed by atoms with Gasteiger partial charge >= 0.3 is 0 Å². The van der Waals surface area contributed by atoms with E-state index in [0.717, 1.165) is 0 Å². The fourth-order valence-corrected chi connectivity index (χ4v) is 2.28. The molecule has 0 spiro atoms. The van der Waals surface area contributed by atoms with Gasteiger partial charge in [0.1, 0.15) is 0 Å². The van der Waals surface area contributed by atoms with Crippen molar-refractivity contribution in [3.63, 3.8) is 0 Å². The van der Waals surface area contributed by atoms with Crippen molar-refractivity contribution < 1.29 is 4.74 Å². The summed E-state index contributed by atoms with van der Waals surface area (Å²) in [5.41, 5.74) is 1.18. The molecule has 3 aromatic carbocycles. The highest BCUT2D eigenvalue weighted by Gasteiger charge is 2.00. The Labute approximate surface area is 106 Å². The third-order valence-electron chi connectivity index (χ3n) is 3.16. The van der Waals surface area contributed by atoms with Crippen LogP contribution in [0.4, 0.5) is 0 Å². The predicted octanol–water partition coefficient (Wildman–Crippen LogP) is 4.61. The number of methoxy groups -OCH3 is 1. The predicted molar refractivity (Wildman–Crippen MR) is 77.5 cm³/mol. The van der Waals surface area contributed by atoms with E-state index in [2.05, 4.69) is 54.6 Å². The largest absolute Gasteiger partial charge is 0.504 e. The van der Waals surface area contributed by atoms with Crippen LogP contribution in [0.5, 0.6) is 0 Å². The molecule has 88 valence electrons. The van der Waals surface area contributed by atoms with E-state index in [1.807, 2.05) is 6.08 Å². The lowest BCUT2D eigenvalue weighted by molar-refractivity contribution is 0.341. The van der Waals surface area contributed by atoms with Crippen LogP contribution in [0.1, 0.15) is 5.56 Å². The monoisotopic (exact) mass is 234 g/mol. The molecule has 0 saturated heterocycles. The molecule has 0 heterocycles. The summed E-state index contributed by atoms with van der Waals surface area (Å²) in [7, 11) is 1.66. The Hall–Kier alpha value is -2.28. The molecule has 3 aromatic rings. The van der Waals surface area contributed by atoms with Gasteiger partial charge in [0, 0.05) is 0 Å². The smallest absolute Gasteiger partial charge is 0.0830 e. The number of ether oxygens (including phenoxy) is 1. The third kappa shape index (κ3) is 1.84. The average molecular weight is 234 g/mol. The number of fused-ring (bicyclic) bond motifs is 2. The van der Waals surface area contributed by atoms with Gasteiger partial charge in [0.25, 0.3) is 0 Å². The lowest BCUT2D eigenvalue weighted by Crippen LogP contribution is -1.80. The highest BCUT2D eigenvalue weighted by atomic mass is 16.5. The van der Waals surface area contributed by atoms with Crippen LogP contribution in [0.15, 0.2) is 60.9 Å². The summed E-state index contributed by atoms with van der Waals surface area (Å²) in [6.45, 7) is 0. The van der Waals surface area contributed by atoms with Crippen LogP contribution < -0.4 is 0 Å². The first-order valence-corrected chi connectivity index (χ1v) is 5.99. The Bertz CT molecular complexity index is 726. The van der Waals surface area contributed by atoms with Crippen LogP contribution in [0.25, 0.3) is 27.6 Å². The van der Waals surface area contributed by atoms with Crippen molar-refractivity contribution >= 4 is 27.6 Å². The van der Waals surface area contributed by atoms with E-state index in [4.69, 9.17) is 4.74 Å². The van der Waals surface area contributed by atoms with Gasteiger partial charge in [-0.05, 0) is 45.3 Å². The Kier molecular flexibility index (Phi) is 2.73. The van der Waals surface area contributed by atoms with E-state index in [0.29, 0.717) is 0 Å². The minimum Gasteiger partial charge on any atom is -0.504 e. The first-order valence-electron chi connectivity index (χ1n) is 5.99. The molecule has 3 rings (SSSR count). The number of rotatable bonds is 2. The zero-order chi connectivity index (χ0) is 12.4. The summed E-state index contributed by atoms with van der Waals surface area (Å²) >= 11 is 0. The highest BCUT2D eigenvalue weighted by Crippen LogP contribution is 2.26. The molecule has 0 aliphatic carbocycles. The summed E-state index contributed by atoms with van der Waals surface area (Å²) in [6, 6.07) is 19.2. The summed E-state index contributed by atoms with van der Waals surface area (Å²) in [5, 5.41) is 5.05. The Morgan fingerprint density at radius 2 is 1.56 bits per heavy atom. The quantitative estimate of drug-likeness (QED) is 0.464. The lowest BCUT2D eigenvalue weighted by Gasteiger charge is -2.05. The van der Waals surface area contributed by atoms with E-state index >= 15 is 0 Å². The molecule has 0 fully saturated rings. The average Bonchev–Trinajstić information content (AvgIpc) is 2.43. The van der Waals surface area contributed by atoms with Gasteiger partial charge < -0.3 is 4.74 Å². The van der Waals surface area contributed by atoms with Crippen LogP contribution in [-0.4, -0.2) is 7.11 Å². The van der Waals surface area contributed by atoms with Crippen LogP contribution in [-0.2, 0) is 4.74 Å². The first-order chi connectivity index (χ1) is 8.88. The lowest BCUT2D eigenvalue weighted by atomic mass is 10.00. The van der Waals surface area contributed by atoms with Crippen molar-refractivity contribution in [3.8, 4) is 0 Å². The molecule has 0 saturated carbocycles. The molecule has 1 nitrogen and oxygen atoms in total. The van der Waals surface area contributed by atoms with E-state index < -0.39 is 0 Å². The summed E-state index contributed by atoms with van der Waals surface area (Å²) in [6.07, 6.45) is 3.71. The topological polar surface area (TPSA) is 9.23 Å². The maximum Gasteiger partial charge on any atom is 0.0830 e. The van der Waals surface area contributed by atoms with Crippen molar-refractivity contribution in [3.05, 3.63) is 66.4 Å². The molecule has 0 aromatic heterocycles. The van der Waals surface area contributed by atoms with Gasteiger partial charge in [-0.1, -0.05) is 42.5 Å². The van der Waals surface area contributed by atoms with Gasteiger partial charge in [-0.15, -0.1) is 0 Å². The van der Waals surface area contributed by atoms with Gasteiger partial charge in [0.15, 0.2) is 0 Å². The number of hydrogen-bond donors (Lipinski definition) is 0. The van der Waals surface area contributed by atoms with Crippen molar-refractivity contribution in [2.24, 2.45) is 0 Å². The standard InChI is InChI=1S/C17H14O/c1-18-10-9-13-7-4-8-16-11-14-5-2-3-6-15(14)12-17(13)16/h2-12H,1H3/b10-9-. The van der Waals surface area contributed by atoms with Crippen molar-refractivity contribution in [2.45, 2.75) is 0 Å². The molecule has 0 unspecified atom stereocenters. The highest BCUT2D eigenvalue weighted by molar-refractivity contribution is 6.01. The van der Waals surface area contributed by atoms with Gasteiger partial charge in [0.2, 0.25) is 0 Å². The van der Waals surface area contributed by atoms with Crippen LogP contribution in [0.3, 0.4) is 0 Å².